The highest BCUT2D eigenvalue weighted by Gasteiger charge is 2.10. The van der Waals surface area contributed by atoms with Gasteiger partial charge in [-0.05, 0) is 36.4 Å². The van der Waals surface area contributed by atoms with Crippen LogP contribution in [0, 0.1) is 0 Å². The topological polar surface area (TPSA) is 78.4 Å². The summed E-state index contributed by atoms with van der Waals surface area (Å²) in [5, 5.41) is 14.8. The molecule has 25 heavy (non-hydrogen) atoms. The molecule has 0 aliphatic carbocycles. The number of hydrogen-bond donors (Lipinski definition) is 3. The van der Waals surface area contributed by atoms with E-state index in [1.165, 1.54) is 36.4 Å². The van der Waals surface area contributed by atoms with Crippen molar-refractivity contribution in [1.82, 2.24) is 10.6 Å². The number of phenols is 1. The molecule has 0 spiro atoms. The number of alkyl halides is 2. The largest absolute Gasteiger partial charge is 0.507 e. The summed E-state index contributed by atoms with van der Waals surface area (Å²) in [5.41, 5.74) is 0.492. The first-order chi connectivity index (χ1) is 12.0. The standard InChI is InChI=1S/C17H16F2N2O3S/c18-17(19)25-12-7-5-11(6-8-12)15(23)20-9-10-21-16(24)13-3-1-2-4-14(13)22/h1-8,17,22H,9-10H2,(H,20,23)(H,21,24). The van der Waals surface area contributed by atoms with Crippen LogP contribution in [0.3, 0.4) is 0 Å². The molecule has 0 aliphatic rings. The minimum atomic E-state index is -2.51. The van der Waals surface area contributed by atoms with Gasteiger partial charge in [-0.15, -0.1) is 0 Å². The van der Waals surface area contributed by atoms with Crippen LogP contribution in [0.2, 0.25) is 0 Å². The Hall–Kier alpha value is -2.61. The summed E-state index contributed by atoms with van der Waals surface area (Å²) in [6, 6.07) is 12.0. The van der Waals surface area contributed by atoms with E-state index in [9.17, 15) is 23.5 Å². The SMILES string of the molecule is O=C(NCCNC(=O)c1ccccc1O)c1ccc(SC(F)F)cc1. The molecule has 0 aromatic heterocycles. The van der Waals surface area contributed by atoms with Crippen molar-refractivity contribution in [3.63, 3.8) is 0 Å². The maximum atomic E-state index is 12.2. The van der Waals surface area contributed by atoms with Crippen molar-refractivity contribution in [2.24, 2.45) is 0 Å². The van der Waals surface area contributed by atoms with Crippen molar-refractivity contribution < 1.29 is 23.5 Å². The molecule has 2 amide bonds. The molecule has 0 unspecified atom stereocenters. The second-order valence-corrected chi connectivity index (χ2v) is 6.00. The van der Waals surface area contributed by atoms with Crippen molar-refractivity contribution >= 4 is 23.6 Å². The summed E-state index contributed by atoms with van der Waals surface area (Å²) in [6.07, 6.45) is 0. The van der Waals surface area contributed by atoms with Gasteiger partial charge >= 0.3 is 0 Å². The second kappa shape index (κ2) is 9.03. The Morgan fingerprint density at radius 3 is 2.16 bits per heavy atom. The van der Waals surface area contributed by atoms with Gasteiger partial charge in [-0.2, -0.15) is 8.78 Å². The Morgan fingerprint density at radius 1 is 0.960 bits per heavy atom. The number of thioether (sulfide) groups is 1. The first-order valence-corrected chi connectivity index (χ1v) is 8.24. The lowest BCUT2D eigenvalue weighted by atomic mass is 10.2. The van der Waals surface area contributed by atoms with Crippen molar-refractivity contribution in [3.8, 4) is 5.75 Å². The maximum absolute atomic E-state index is 12.2. The van der Waals surface area contributed by atoms with Crippen LogP contribution in [0.1, 0.15) is 20.7 Å². The van der Waals surface area contributed by atoms with Crippen LogP contribution in [-0.2, 0) is 0 Å². The number of nitrogens with one attached hydrogen (secondary N) is 2. The van der Waals surface area contributed by atoms with E-state index in [2.05, 4.69) is 10.6 Å². The van der Waals surface area contributed by atoms with Crippen LogP contribution >= 0.6 is 11.8 Å². The molecule has 3 N–H and O–H groups in total. The lowest BCUT2D eigenvalue weighted by Crippen LogP contribution is -2.34. The van der Waals surface area contributed by atoms with Gasteiger partial charge in [0, 0.05) is 23.5 Å². The van der Waals surface area contributed by atoms with Crippen LogP contribution in [0.5, 0.6) is 5.75 Å². The quantitative estimate of drug-likeness (QED) is 0.520. The summed E-state index contributed by atoms with van der Waals surface area (Å²) in [4.78, 5) is 24.2. The van der Waals surface area contributed by atoms with Gasteiger partial charge in [-0.1, -0.05) is 23.9 Å². The highest BCUT2D eigenvalue weighted by molar-refractivity contribution is 7.99. The van der Waals surface area contributed by atoms with Crippen molar-refractivity contribution in [2.45, 2.75) is 10.7 Å². The van der Waals surface area contributed by atoms with Gasteiger partial charge in [0.15, 0.2) is 0 Å². The van der Waals surface area contributed by atoms with E-state index in [-0.39, 0.29) is 30.3 Å². The third kappa shape index (κ3) is 5.75. The number of hydrogen-bond acceptors (Lipinski definition) is 4. The van der Waals surface area contributed by atoms with Gasteiger partial charge in [0.1, 0.15) is 5.75 Å². The van der Waals surface area contributed by atoms with Crippen LogP contribution < -0.4 is 10.6 Å². The maximum Gasteiger partial charge on any atom is 0.288 e. The van der Waals surface area contributed by atoms with Crippen molar-refractivity contribution in [1.29, 1.82) is 0 Å². The molecule has 132 valence electrons. The monoisotopic (exact) mass is 366 g/mol. The van der Waals surface area contributed by atoms with E-state index >= 15 is 0 Å². The smallest absolute Gasteiger partial charge is 0.288 e. The zero-order valence-electron chi connectivity index (χ0n) is 13.0. The molecular formula is C17H16F2N2O3S. The van der Waals surface area contributed by atoms with Gasteiger partial charge in [-0.25, -0.2) is 0 Å². The summed E-state index contributed by atoms with van der Waals surface area (Å²) in [5.74, 6) is -3.44. The third-order valence-electron chi connectivity index (χ3n) is 3.19. The number of benzene rings is 2. The highest BCUT2D eigenvalue weighted by atomic mass is 32.2. The number of amides is 2. The number of halogens is 2. The van der Waals surface area contributed by atoms with Crippen LogP contribution in [-0.4, -0.2) is 35.8 Å². The highest BCUT2D eigenvalue weighted by Crippen LogP contribution is 2.25. The molecular weight excluding hydrogens is 350 g/mol. The molecule has 0 heterocycles. The van der Waals surface area contributed by atoms with Crippen LogP contribution in [0.4, 0.5) is 8.78 Å². The van der Waals surface area contributed by atoms with Gasteiger partial charge in [0.25, 0.3) is 17.6 Å². The average molecular weight is 366 g/mol. The Labute approximate surface area is 147 Å². The van der Waals surface area contributed by atoms with Gasteiger partial charge in [0.2, 0.25) is 0 Å². The number of rotatable bonds is 7. The molecule has 0 radical (unpaired) electrons. The minimum absolute atomic E-state index is 0.120. The second-order valence-electron chi connectivity index (χ2n) is 4.93. The minimum Gasteiger partial charge on any atom is -0.507 e. The van der Waals surface area contributed by atoms with E-state index in [0.29, 0.717) is 22.2 Å². The average Bonchev–Trinajstić information content (AvgIpc) is 2.59. The molecule has 0 fully saturated rings. The molecule has 0 bridgehead atoms. The first kappa shape index (κ1) is 18.7. The van der Waals surface area contributed by atoms with Crippen LogP contribution in [0.25, 0.3) is 0 Å². The Morgan fingerprint density at radius 2 is 1.56 bits per heavy atom. The normalized spacial score (nSPS) is 10.5. The Bertz CT molecular complexity index is 739. The number of para-hydroxylation sites is 1. The summed E-state index contributed by atoms with van der Waals surface area (Å²) < 4.78 is 24.5. The molecule has 0 aliphatic heterocycles. The van der Waals surface area contributed by atoms with Gasteiger partial charge < -0.3 is 15.7 Å². The molecule has 2 aromatic rings. The molecule has 0 saturated carbocycles. The zero-order valence-corrected chi connectivity index (χ0v) is 13.9. The summed E-state index contributed by atoms with van der Waals surface area (Å²) in [6.45, 7) is 0.365. The predicted octanol–water partition coefficient (Wildman–Crippen LogP) is 2.87. The number of phenolic OH excluding ortho intramolecular Hbond substituents is 1. The van der Waals surface area contributed by atoms with E-state index in [1.807, 2.05) is 0 Å². The predicted molar refractivity (Wildman–Crippen MR) is 91.1 cm³/mol. The first-order valence-electron chi connectivity index (χ1n) is 7.36. The Balaban J connectivity index is 1.77. The Kier molecular flexibility index (Phi) is 6.76. The zero-order chi connectivity index (χ0) is 18.2. The van der Waals surface area contributed by atoms with Crippen molar-refractivity contribution in [3.05, 3.63) is 59.7 Å². The van der Waals surface area contributed by atoms with Crippen molar-refractivity contribution in [2.75, 3.05) is 13.1 Å². The van der Waals surface area contributed by atoms with Gasteiger partial charge in [-0.3, -0.25) is 9.59 Å². The third-order valence-corrected chi connectivity index (χ3v) is 3.91. The molecule has 8 heteroatoms. The lowest BCUT2D eigenvalue weighted by Gasteiger charge is -2.08. The molecule has 2 aromatic carbocycles. The number of aromatic hydroxyl groups is 1. The fourth-order valence-corrected chi connectivity index (χ4v) is 2.50. The molecule has 2 rings (SSSR count). The van der Waals surface area contributed by atoms with E-state index < -0.39 is 11.7 Å². The number of carbonyl (C=O) groups is 2. The molecule has 0 atom stereocenters. The molecule has 5 nitrogen and oxygen atoms in total. The van der Waals surface area contributed by atoms with E-state index in [4.69, 9.17) is 0 Å². The summed E-state index contributed by atoms with van der Waals surface area (Å²) >= 11 is 0.410. The summed E-state index contributed by atoms with van der Waals surface area (Å²) in [7, 11) is 0. The van der Waals surface area contributed by atoms with Gasteiger partial charge in [0.05, 0.1) is 5.56 Å². The van der Waals surface area contributed by atoms with E-state index in [0.717, 1.165) is 0 Å². The molecule has 0 saturated heterocycles. The lowest BCUT2D eigenvalue weighted by molar-refractivity contribution is 0.0926. The fourth-order valence-electron chi connectivity index (χ4n) is 2.00. The van der Waals surface area contributed by atoms with E-state index in [1.54, 1.807) is 12.1 Å². The van der Waals surface area contributed by atoms with Crippen LogP contribution in [0.15, 0.2) is 53.4 Å². The number of carbonyl (C=O) groups excluding carboxylic acids is 2. The fraction of sp³-hybridized carbons (Fsp3) is 0.176.